The number of carbonyl (C=O) groups excluding carboxylic acids is 1. The molecule has 1 aromatic carbocycles. The Balaban J connectivity index is 1.31. The van der Waals surface area contributed by atoms with Crippen molar-refractivity contribution in [3.05, 3.63) is 45.9 Å². The highest BCUT2D eigenvalue weighted by atomic mass is 32.1. The Morgan fingerprint density at radius 3 is 2.22 bits per heavy atom. The van der Waals surface area contributed by atoms with Gasteiger partial charge in [0.15, 0.2) is 0 Å². The molecule has 3 rings (SSSR count). The Hall–Kier alpha value is -2.39. The Kier molecular flexibility index (Phi) is 7.23. The third-order valence-corrected chi connectivity index (χ3v) is 5.65. The largest absolute Gasteiger partial charge is 0.374 e. The lowest BCUT2D eigenvalue weighted by molar-refractivity contribution is -0.115. The molecule has 0 aliphatic rings. The van der Waals surface area contributed by atoms with Crippen LogP contribution in [-0.2, 0) is 24.1 Å². The number of aryl methyl sites for hydroxylation is 2. The number of unbranched alkanes of at least 4 members (excludes halogenated alkanes) is 3. The number of hydrogen-bond donors (Lipinski definition) is 2. The van der Waals surface area contributed by atoms with Crippen LogP contribution in [0.1, 0.15) is 41.3 Å². The quantitative estimate of drug-likeness (QED) is 0.503. The second kappa shape index (κ2) is 10.1. The van der Waals surface area contributed by atoms with Gasteiger partial charge in [-0.1, -0.05) is 65.8 Å². The number of rotatable bonds is 10. The van der Waals surface area contributed by atoms with Gasteiger partial charge in [-0.3, -0.25) is 4.79 Å². The Morgan fingerprint density at radius 2 is 1.56 bits per heavy atom. The van der Waals surface area contributed by atoms with Gasteiger partial charge in [0, 0.05) is 12.8 Å². The summed E-state index contributed by atoms with van der Waals surface area (Å²) in [5, 5.41) is 22.0. The lowest BCUT2D eigenvalue weighted by Gasteiger charge is -2.01. The minimum Gasteiger partial charge on any atom is -0.374 e. The van der Waals surface area contributed by atoms with Gasteiger partial charge in [0.05, 0.1) is 6.42 Å². The standard InChI is InChI=1S/C18H22N6OS2/c19-17-23-21-15(26-17)10-6-1-2-7-11-16-22-24-18(27-16)20-14(25)12-13-8-4-3-5-9-13/h3-5,8-9H,1-2,6-7,10-12H2,(H2,19,23)(H,20,24,25). The number of nitrogen functional groups attached to an aromatic ring is 1. The van der Waals surface area contributed by atoms with Crippen molar-refractivity contribution in [3.63, 3.8) is 0 Å². The molecule has 0 fully saturated rings. The van der Waals surface area contributed by atoms with E-state index < -0.39 is 0 Å². The molecule has 0 bridgehead atoms. The zero-order chi connectivity index (χ0) is 18.9. The molecule has 27 heavy (non-hydrogen) atoms. The molecule has 3 N–H and O–H groups in total. The summed E-state index contributed by atoms with van der Waals surface area (Å²) in [6, 6.07) is 9.66. The fraction of sp³-hybridized carbons (Fsp3) is 0.389. The van der Waals surface area contributed by atoms with Crippen LogP contribution in [0.4, 0.5) is 10.3 Å². The number of anilines is 2. The minimum atomic E-state index is -0.0683. The molecular weight excluding hydrogens is 380 g/mol. The molecule has 0 radical (unpaired) electrons. The third-order valence-electron chi connectivity index (χ3n) is 3.93. The molecule has 0 unspecified atom stereocenters. The van der Waals surface area contributed by atoms with Crippen LogP contribution >= 0.6 is 22.7 Å². The third kappa shape index (κ3) is 6.69. The first-order valence-electron chi connectivity index (χ1n) is 8.93. The molecule has 7 nitrogen and oxygen atoms in total. The molecule has 0 atom stereocenters. The predicted octanol–water partition coefficient (Wildman–Crippen LogP) is 3.50. The van der Waals surface area contributed by atoms with E-state index in [0.717, 1.165) is 54.1 Å². The first kappa shape index (κ1) is 19.4. The number of nitrogens with two attached hydrogens (primary N) is 1. The highest BCUT2D eigenvalue weighted by molar-refractivity contribution is 7.15. The maximum atomic E-state index is 12.1. The normalized spacial score (nSPS) is 10.8. The highest BCUT2D eigenvalue weighted by Gasteiger charge is 2.09. The zero-order valence-electron chi connectivity index (χ0n) is 14.9. The summed E-state index contributed by atoms with van der Waals surface area (Å²) in [4.78, 5) is 12.1. The molecule has 0 spiro atoms. The molecule has 0 aliphatic carbocycles. The molecule has 2 aromatic heterocycles. The van der Waals surface area contributed by atoms with Gasteiger partial charge in [0.1, 0.15) is 10.0 Å². The van der Waals surface area contributed by atoms with Crippen molar-refractivity contribution < 1.29 is 4.79 Å². The smallest absolute Gasteiger partial charge is 0.230 e. The maximum Gasteiger partial charge on any atom is 0.230 e. The van der Waals surface area contributed by atoms with Gasteiger partial charge in [-0.25, -0.2) is 0 Å². The summed E-state index contributed by atoms with van der Waals surface area (Å²) in [6.45, 7) is 0. The second-order valence-electron chi connectivity index (χ2n) is 6.16. The summed E-state index contributed by atoms with van der Waals surface area (Å²) in [5.41, 5.74) is 6.55. The average molecular weight is 403 g/mol. The molecule has 2 heterocycles. The number of nitrogens with zero attached hydrogens (tertiary/aromatic N) is 4. The molecule has 1 amide bonds. The van der Waals surface area contributed by atoms with E-state index in [1.165, 1.54) is 22.7 Å². The van der Waals surface area contributed by atoms with Crippen LogP contribution < -0.4 is 11.1 Å². The van der Waals surface area contributed by atoms with E-state index in [0.29, 0.717) is 16.7 Å². The van der Waals surface area contributed by atoms with Crippen LogP contribution in [0.3, 0.4) is 0 Å². The fourth-order valence-corrected chi connectivity index (χ4v) is 4.07. The summed E-state index contributed by atoms with van der Waals surface area (Å²) in [7, 11) is 0. The van der Waals surface area contributed by atoms with Crippen molar-refractivity contribution in [1.29, 1.82) is 0 Å². The number of carbonyl (C=O) groups is 1. The number of aromatic nitrogens is 4. The Labute approximate surface area is 166 Å². The highest BCUT2D eigenvalue weighted by Crippen LogP contribution is 2.19. The Bertz CT molecular complexity index is 848. The number of nitrogens with one attached hydrogen (secondary N) is 1. The van der Waals surface area contributed by atoms with Crippen LogP contribution in [0.15, 0.2) is 30.3 Å². The van der Waals surface area contributed by atoms with Crippen LogP contribution in [0.5, 0.6) is 0 Å². The van der Waals surface area contributed by atoms with Crippen molar-refractivity contribution in [2.24, 2.45) is 0 Å². The summed E-state index contributed by atoms with van der Waals surface area (Å²) in [5.74, 6) is -0.0683. The lowest BCUT2D eigenvalue weighted by atomic mass is 10.1. The molecule has 9 heteroatoms. The number of amides is 1. The molecule has 0 saturated carbocycles. The van der Waals surface area contributed by atoms with E-state index in [1.54, 1.807) is 0 Å². The van der Waals surface area contributed by atoms with Gasteiger partial charge in [0.2, 0.25) is 16.2 Å². The SMILES string of the molecule is Nc1nnc(CCCCCCc2nnc(NC(=O)Cc3ccccc3)s2)s1. The van der Waals surface area contributed by atoms with E-state index in [4.69, 9.17) is 5.73 Å². The van der Waals surface area contributed by atoms with Crippen LogP contribution in [0, 0.1) is 0 Å². The van der Waals surface area contributed by atoms with Gasteiger partial charge >= 0.3 is 0 Å². The zero-order valence-corrected chi connectivity index (χ0v) is 16.6. The molecule has 142 valence electrons. The first-order chi connectivity index (χ1) is 13.2. The van der Waals surface area contributed by atoms with Gasteiger partial charge < -0.3 is 11.1 Å². The van der Waals surface area contributed by atoms with E-state index >= 15 is 0 Å². The van der Waals surface area contributed by atoms with Gasteiger partial charge in [-0.15, -0.1) is 20.4 Å². The Morgan fingerprint density at radius 1 is 0.889 bits per heavy atom. The van der Waals surface area contributed by atoms with Crippen LogP contribution in [-0.4, -0.2) is 26.3 Å². The number of benzene rings is 1. The molecule has 0 aliphatic heterocycles. The predicted molar refractivity (Wildman–Crippen MR) is 109 cm³/mol. The van der Waals surface area contributed by atoms with Crippen LogP contribution in [0.2, 0.25) is 0 Å². The van der Waals surface area contributed by atoms with Gasteiger partial charge in [-0.05, 0) is 18.4 Å². The van der Waals surface area contributed by atoms with Crippen molar-refractivity contribution in [2.45, 2.75) is 44.9 Å². The van der Waals surface area contributed by atoms with E-state index in [-0.39, 0.29) is 5.91 Å². The summed E-state index contributed by atoms with van der Waals surface area (Å²) in [6.07, 6.45) is 6.58. The van der Waals surface area contributed by atoms with Crippen molar-refractivity contribution >= 4 is 38.8 Å². The van der Waals surface area contributed by atoms with Crippen molar-refractivity contribution in [2.75, 3.05) is 11.1 Å². The van der Waals surface area contributed by atoms with E-state index in [2.05, 4.69) is 25.7 Å². The topological polar surface area (TPSA) is 107 Å². The van der Waals surface area contributed by atoms with E-state index in [1.807, 2.05) is 30.3 Å². The van der Waals surface area contributed by atoms with Crippen molar-refractivity contribution in [3.8, 4) is 0 Å². The lowest BCUT2D eigenvalue weighted by Crippen LogP contribution is -2.14. The maximum absolute atomic E-state index is 12.1. The van der Waals surface area contributed by atoms with Gasteiger partial charge in [-0.2, -0.15) is 0 Å². The van der Waals surface area contributed by atoms with E-state index in [9.17, 15) is 4.79 Å². The molecular formula is C18H22N6OS2. The molecule has 0 saturated heterocycles. The molecule has 3 aromatic rings. The summed E-state index contributed by atoms with van der Waals surface area (Å²) < 4.78 is 0. The van der Waals surface area contributed by atoms with Gasteiger partial charge in [0.25, 0.3) is 0 Å². The minimum absolute atomic E-state index is 0.0683. The fourth-order valence-electron chi connectivity index (χ4n) is 2.62. The first-order valence-corrected chi connectivity index (χ1v) is 10.6. The summed E-state index contributed by atoms with van der Waals surface area (Å²) >= 11 is 2.91. The average Bonchev–Trinajstić information content (AvgIpc) is 3.27. The van der Waals surface area contributed by atoms with Crippen molar-refractivity contribution in [1.82, 2.24) is 20.4 Å². The monoisotopic (exact) mass is 402 g/mol. The number of hydrogen-bond acceptors (Lipinski definition) is 8. The second-order valence-corrected chi connectivity index (χ2v) is 8.32. The van der Waals surface area contributed by atoms with Crippen LogP contribution in [0.25, 0.3) is 0 Å².